The molecule has 1 heterocycles. The lowest BCUT2D eigenvalue weighted by Gasteiger charge is -2.38. The summed E-state index contributed by atoms with van der Waals surface area (Å²) in [7, 11) is 0. The zero-order valence-corrected chi connectivity index (χ0v) is 18.0. The first-order valence-electron chi connectivity index (χ1n) is 10.8. The van der Waals surface area contributed by atoms with Gasteiger partial charge in [0.15, 0.2) is 6.61 Å². The van der Waals surface area contributed by atoms with Crippen molar-refractivity contribution >= 4 is 11.8 Å². The van der Waals surface area contributed by atoms with Crippen molar-refractivity contribution in [1.82, 2.24) is 10.2 Å². The minimum Gasteiger partial charge on any atom is -0.484 e. The standard InChI is InChI=1S/C25H30N2O3/c1-16(2)26-23(28)15-30-21-11-10-18-12-13-27(25(29)20-8-9-20)24(22(18)14-21)19-6-4-17(3)5-7-19/h4-7,10-11,14,16,20,24H,8-9,12-13,15H2,1-3H3,(H,26,28)/t24-/m1/s1. The van der Waals surface area contributed by atoms with E-state index in [2.05, 4.69) is 42.6 Å². The molecule has 1 N–H and O–H groups in total. The number of aryl methyl sites for hydroxylation is 1. The van der Waals surface area contributed by atoms with E-state index in [1.54, 1.807) is 0 Å². The summed E-state index contributed by atoms with van der Waals surface area (Å²) in [5, 5.41) is 2.84. The molecule has 0 bridgehead atoms. The Hall–Kier alpha value is -2.82. The molecule has 4 rings (SSSR count). The fourth-order valence-electron chi connectivity index (χ4n) is 4.11. The zero-order chi connectivity index (χ0) is 21.3. The first-order valence-corrected chi connectivity index (χ1v) is 10.8. The number of nitrogens with zero attached hydrogens (tertiary/aromatic N) is 1. The molecule has 30 heavy (non-hydrogen) atoms. The predicted octanol–water partition coefficient (Wildman–Crippen LogP) is 3.78. The molecule has 0 radical (unpaired) electrons. The van der Waals surface area contributed by atoms with E-state index in [0.717, 1.165) is 36.9 Å². The molecule has 2 amide bonds. The third-order valence-electron chi connectivity index (χ3n) is 5.77. The van der Waals surface area contributed by atoms with E-state index in [1.807, 2.05) is 30.9 Å². The van der Waals surface area contributed by atoms with Gasteiger partial charge in [0.2, 0.25) is 5.91 Å². The number of hydrogen-bond acceptors (Lipinski definition) is 3. The molecule has 0 aromatic heterocycles. The minimum absolute atomic E-state index is 0.0170. The summed E-state index contributed by atoms with van der Waals surface area (Å²) in [6, 6.07) is 14.4. The third kappa shape index (κ3) is 4.50. The molecule has 1 aliphatic carbocycles. The Morgan fingerprint density at radius 1 is 1.13 bits per heavy atom. The molecule has 5 nitrogen and oxygen atoms in total. The largest absolute Gasteiger partial charge is 0.484 e. The van der Waals surface area contributed by atoms with E-state index in [-0.39, 0.29) is 36.4 Å². The van der Waals surface area contributed by atoms with Gasteiger partial charge in [-0.25, -0.2) is 0 Å². The van der Waals surface area contributed by atoms with Gasteiger partial charge in [0.05, 0.1) is 6.04 Å². The van der Waals surface area contributed by atoms with E-state index in [1.165, 1.54) is 11.1 Å². The zero-order valence-electron chi connectivity index (χ0n) is 18.0. The molecule has 1 fully saturated rings. The van der Waals surface area contributed by atoms with Crippen LogP contribution in [0.15, 0.2) is 42.5 Å². The van der Waals surface area contributed by atoms with Crippen LogP contribution >= 0.6 is 0 Å². The summed E-state index contributed by atoms with van der Waals surface area (Å²) in [4.78, 5) is 27.1. The Kier molecular flexibility index (Phi) is 5.80. The maximum atomic E-state index is 13.1. The molecule has 2 aliphatic rings. The number of carbonyl (C=O) groups is 2. The van der Waals surface area contributed by atoms with Crippen LogP contribution in [-0.4, -0.2) is 35.9 Å². The molecule has 2 aromatic carbocycles. The second-order valence-electron chi connectivity index (χ2n) is 8.74. The van der Waals surface area contributed by atoms with Crippen molar-refractivity contribution in [2.75, 3.05) is 13.2 Å². The van der Waals surface area contributed by atoms with Gasteiger partial charge in [0.25, 0.3) is 5.91 Å². The Labute approximate surface area is 178 Å². The van der Waals surface area contributed by atoms with Gasteiger partial charge in [0, 0.05) is 18.5 Å². The Bertz CT molecular complexity index is 932. The van der Waals surface area contributed by atoms with Gasteiger partial charge in [0.1, 0.15) is 5.75 Å². The van der Waals surface area contributed by atoms with Crippen molar-refractivity contribution in [2.24, 2.45) is 5.92 Å². The van der Waals surface area contributed by atoms with Crippen molar-refractivity contribution in [1.29, 1.82) is 0 Å². The van der Waals surface area contributed by atoms with Crippen LogP contribution in [0.2, 0.25) is 0 Å². The van der Waals surface area contributed by atoms with Crippen molar-refractivity contribution < 1.29 is 14.3 Å². The number of nitrogens with one attached hydrogen (secondary N) is 1. The average molecular weight is 407 g/mol. The van der Waals surface area contributed by atoms with Gasteiger partial charge in [-0.15, -0.1) is 0 Å². The van der Waals surface area contributed by atoms with E-state index in [0.29, 0.717) is 5.75 Å². The second-order valence-corrected chi connectivity index (χ2v) is 8.74. The summed E-state index contributed by atoms with van der Waals surface area (Å²) < 4.78 is 5.78. The molecular formula is C25H30N2O3. The minimum atomic E-state index is -0.136. The molecule has 1 saturated carbocycles. The molecular weight excluding hydrogens is 376 g/mol. The van der Waals surface area contributed by atoms with Gasteiger partial charge < -0.3 is 15.0 Å². The third-order valence-corrected chi connectivity index (χ3v) is 5.77. The molecule has 1 aliphatic heterocycles. The normalized spacial score (nSPS) is 18.1. The van der Waals surface area contributed by atoms with Crippen LogP contribution < -0.4 is 10.1 Å². The number of hydrogen-bond donors (Lipinski definition) is 1. The lowest BCUT2D eigenvalue weighted by Crippen LogP contribution is -2.41. The molecule has 1 atom stereocenters. The molecule has 158 valence electrons. The highest BCUT2D eigenvalue weighted by molar-refractivity contribution is 5.82. The van der Waals surface area contributed by atoms with Crippen molar-refractivity contribution in [2.45, 2.75) is 52.1 Å². The molecule has 0 saturated heterocycles. The highest BCUT2D eigenvalue weighted by Crippen LogP contribution is 2.41. The summed E-state index contributed by atoms with van der Waals surface area (Å²) in [5.41, 5.74) is 4.65. The lowest BCUT2D eigenvalue weighted by atomic mass is 9.87. The number of carbonyl (C=O) groups excluding carboxylic acids is 2. The highest BCUT2D eigenvalue weighted by Gasteiger charge is 2.39. The SMILES string of the molecule is Cc1ccc([C@@H]2c3cc(OCC(=O)NC(C)C)ccc3CCN2C(=O)C2CC2)cc1. The van der Waals surface area contributed by atoms with Gasteiger partial charge in [-0.3, -0.25) is 9.59 Å². The lowest BCUT2D eigenvalue weighted by molar-refractivity contribution is -0.134. The maximum absolute atomic E-state index is 13.1. The van der Waals surface area contributed by atoms with Crippen LogP contribution in [0.5, 0.6) is 5.75 Å². The van der Waals surface area contributed by atoms with Crippen LogP contribution in [-0.2, 0) is 16.0 Å². The number of fused-ring (bicyclic) bond motifs is 1. The van der Waals surface area contributed by atoms with Crippen LogP contribution in [0, 0.1) is 12.8 Å². The first-order chi connectivity index (χ1) is 14.4. The van der Waals surface area contributed by atoms with Gasteiger partial charge in [-0.05, 0) is 68.9 Å². The summed E-state index contributed by atoms with van der Waals surface area (Å²) in [6.45, 7) is 6.64. The van der Waals surface area contributed by atoms with Crippen molar-refractivity contribution in [3.8, 4) is 5.75 Å². The van der Waals surface area contributed by atoms with Crippen molar-refractivity contribution in [3.63, 3.8) is 0 Å². The number of benzene rings is 2. The first kappa shape index (κ1) is 20.5. The molecule has 5 heteroatoms. The van der Waals surface area contributed by atoms with Crippen molar-refractivity contribution in [3.05, 3.63) is 64.7 Å². The molecule has 0 spiro atoms. The maximum Gasteiger partial charge on any atom is 0.258 e. The van der Waals surface area contributed by atoms with E-state index < -0.39 is 0 Å². The Morgan fingerprint density at radius 2 is 1.87 bits per heavy atom. The summed E-state index contributed by atoms with van der Waals surface area (Å²) >= 11 is 0. The van der Waals surface area contributed by atoms with Crippen LogP contribution in [0.4, 0.5) is 0 Å². The van der Waals surface area contributed by atoms with Crippen LogP contribution in [0.25, 0.3) is 0 Å². The van der Waals surface area contributed by atoms with E-state index in [9.17, 15) is 9.59 Å². The summed E-state index contributed by atoms with van der Waals surface area (Å²) in [5.74, 6) is 0.960. The van der Waals surface area contributed by atoms with Gasteiger partial charge >= 0.3 is 0 Å². The quantitative estimate of drug-likeness (QED) is 0.794. The smallest absolute Gasteiger partial charge is 0.258 e. The Morgan fingerprint density at radius 3 is 2.53 bits per heavy atom. The summed E-state index contributed by atoms with van der Waals surface area (Å²) in [6.07, 6.45) is 2.83. The van der Waals surface area contributed by atoms with E-state index >= 15 is 0 Å². The topological polar surface area (TPSA) is 58.6 Å². The van der Waals surface area contributed by atoms with Gasteiger partial charge in [-0.1, -0.05) is 35.9 Å². The second kappa shape index (κ2) is 8.50. The fourth-order valence-corrected chi connectivity index (χ4v) is 4.11. The fraction of sp³-hybridized carbons (Fsp3) is 0.440. The molecule has 0 unspecified atom stereocenters. The van der Waals surface area contributed by atoms with Crippen LogP contribution in [0.1, 0.15) is 55.0 Å². The number of amides is 2. The Balaban J connectivity index is 1.64. The van der Waals surface area contributed by atoms with E-state index in [4.69, 9.17) is 4.74 Å². The predicted molar refractivity (Wildman–Crippen MR) is 116 cm³/mol. The van der Waals surface area contributed by atoms with Gasteiger partial charge in [-0.2, -0.15) is 0 Å². The molecule has 2 aromatic rings. The average Bonchev–Trinajstić information content (AvgIpc) is 3.56. The highest BCUT2D eigenvalue weighted by atomic mass is 16.5. The van der Waals surface area contributed by atoms with Crippen LogP contribution in [0.3, 0.4) is 0 Å². The number of ether oxygens (including phenoxy) is 1. The number of rotatable bonds is 6. The monoisotopic (exact) mass is 406 g/mol.